The van der Waals surface area contributed by atoms with Gasteiger partial charge in [-0.05, 0) is 13.0 Å². The van der Waals surface area contributed by atoms with Crippen molar-refractivity contribution in [2.45, 2.75) is 6.92 Å². The van der Waals surface area contributed by atoms with Crippen LogP contribution in [0.15, 0.2) is 12.1 Å². The molecular weight excluding hydrogens is 189 g/mol. The number of rotatable bonds is 3. The van der Waals surface area contributed by atoms with Gasteiger partial charge in [0, 0.05) is 6.07 Å². The van der Waals surface area contributed by atoms with Crippen LogP contribution >= 0.6 is 0 Å². The molecule has 14 heavy (non-hydrogen) atoms. The van der Waals surface area contributed by atoms with Gasteiger partial charge in [0.05, 0.1) is 17.9 Å². The van der Waals surface area contributed by atoms with E-state index >= 15 is 0 Å². The number of anilines is 1. The lowest BCUT2D eigenvalue weighted by Crippen LogP contribution is -2.06. The normalized spacial score (nSPS) is 9.86. The highest BCUT2D eigenvalue weighted by molar-refractivity contribution is 5.95. The summed E-state index contributed by atoms with van der Waals surface area (Å²) in [5.41, 5.74) is 5.13. The van der Waals surface area contributed by atoms with Crippen LogP contribution < -0.4 is 10.5 Å². The van der Waals surface area contributed by atoms with Gasteiger partial charge >= 0.3 is 5.97 Å². The van der Waals surface area contributed by atoms with Gasteiger partial charge in [0.2, 0.25) is 0 Å². The third kappa shape index (κ3) is 1.93. The highest BCUT2D eigenvalue weighted by Crippen LogP contribution is 2.26. The van der Waals surface area contributed by atoms with Gasteiger partial charge < -0.3 is 15.6 Å². The molecule has 3 N–H and O–H groups in total. The van der Waals surface area contributed by atoms with Gasteiger partial charge in [0.1, 0.15) is 11.6 Å². The van der Waals surface area contributed by atoms with Crippen molar-refractivity contribution < 1.29 is 19.0 Å². The Morgan fingerprint density at radius 2 is 2.29 bits per heavy atom. The van der Waals surface area contributed by atoms with E-state index in [9.17, 15) is 9.18 Å². The largest absolute Gasteiger partial charge is 0.492 e. The molecule has 1 aromatic rings. The Bertz CT molecular complexity index is 365. The average molecular weight is 199 g/mol. The van der Waals surface area contributed by atoms with Crippen LogP contribution in [0.2, 0.25) is 0 Å². The number of aromatic carboxylic acids is 1. The van der Waals surface area contributed by atoms with E-state index in [0.29, 0.717) is 6.61 Å². The topological polar surface area (TPSA) is 72.5 Å². The van der Waals surface area contributed by atoms with Gasteiger partial charge in [-0.1, -0.05) is 0 Å². The van der Waals surface area contributed by atoms with Crippen molar-refractivity contribution >= 4 is 11.7 Å². The molecule has 4 nitrogen and oxygen atoms in total. The van der Waals surface area contributed by atoms with Crippen LogP contribution in [0.4, 0.5) is 10.1 Å². The summed E-state index contributed by atoms with van der Waals surface area (Å²) in [6.07, 6.45) is 0. The van der Waals surface area contributed by atoms with Crippen LogP contribution in [0.1, 0.15) is 17.3 Å². The van der Waals surface area contributed by atoms with Crippen LogP contribution in [-0.2, 0) is 0 Å². The van der Waals surface area contributed by atoms with Gasteiger partial charge in [0.25, 0.3) is 0 Å². The predicted molar refractivity (Wildman–Crippen MR) is 48.9 cm³/mol. The Labute approximate surface area is 80.1 Å². The molecular formula is C9H10FNO3. The minimum Gasteiger partial charge on any atom is -0.492 e. The number of carbonyl (C=O) groups is 1. The Balaban J connectivity index is 3.24. The molecule has 0 aromatic heterocycles. The first-order valence-corrected chi connectivity index (χ1v) is 4.01. The Morgan fingerprint density at radius 3 is 2.79 bits per heavy atom. The Kier molecular flexibility index (Phi) is 2.91. The predicted octanol–water partition coefficient (Wildman–Crippen LogP) is 1.50. The quantitative estimate of drug-likeness (QED) is 0.723. The molecule has 0 amide bonds. The monoisotopic (exact) mass is 199 g/mol. The number of halogens is 1. The van der Waals surface area contributed by atoms with Crippen molar-refractivity contribution in [2.75, 3.05) is 12.3 Å². The minimum absolute atomic E-state index is 0.0549. The zero-order chi connectivity index (χ0) is 10.7. The SMILES string of the molecule is CCOc1cc(F)cc(C(=O)O)c1N. The maximum atomic E-state index is 12.9. The first kappa shape index (κ1) is 10.3. The summed E-state index contributed by atoms with van der Waals surface area (Å²) in [4.78, 5) is 10.6. The van der Waals surface area contributed by atoms with Gasteiger partial charge in [0.15, 0.2) is 0 Å². The minimum atomic E-state index is -1.28. The molecule has 0 saturated heterocycles. The van der Waals surface area contributed by atoms with E-state index in [1.807, 2.05) is 0 Å². The standard InChI is InChI=1S/C9H10FNO3/c1-2-14-7-4-5(10)3-6(8(7)11)9(12)13/h3-4H,2,11H2,1H3,(H,12,13). The van der Waals surface area contributed by atoms with E-state index in [2.05, 4.69) is 0 Å². The molecule has 1 aromatic carbocycles. The summed E-state index contributed by atoms with van der Waals surface area (Å²) in [6.45, 7) is 2.00. The van der Waals surface area contributed by atoms with Crippen molar-refractivity contribution in [3.8, 4) is 5.75 Å². The lowest BCUT2D eigenvalue weighted by molar-refractivity contribution is 0.0697. The molecule has 0 unspecified atom stereocenters. The number of hydrogen-bond acceptors (Lipinski definition) is 3. The molecule has 0 aliphatic heterocycles. The van der Waals surface area contributed by atoms with Gasteiger partial charge in [-0.3, -0.25) is 0 Å². The van der Waals surface area contributed by atoms with Gasteiger partial charge in [-0.2, -0.15) is 0 Å². The second kappa shape index (κ2) is 3.95. The lowest BCUT2D eigenvalue weighted by atomic mass is 10.1. The van der Waals surface area contributed by atoms with Crippen molar-refractivity contribution in [2.24, 2.45) is 0 Å². The summed E-state index contributed by atoms with van der Waals surface area (Å²) in [5, 5.41) is 8.68. The van der Waals surface area contributed by atoms with Crippen molar-refractivity contribution in [1.29, 1.82) is 0 Å². The third-order valence-corrected chi connectivity index (χ3v) is 1.64. The molecule has 0 atom stereocenters. The number of ether oxygens (including phenoxy) is 1. The molecule has 0 spiro atoms. The molecule has 0 heterocycles. The Hall–Kier alpha value is -1.78. The summed E-state index contributed by atoms with van der Waals surface area (Å²) in [7, 11) is 0. The average Bonchev–Trinajstić information content (AvgIpc) is 2.10. The van der Waals surface area contributed by atoms with E-state index in [1.54, 1.807) is 6.92 Å². The van der Waals surface area contributed by atoms with Crippen LogP contribution in [-0.4, -0.2) is 17.7 Å². The third-order valence-electron chi connectivity index (χ3n) is 1.64. The molecule has 5 heteroatoms. The number of benzene rings is 1. The zero-order valence-electron chi connectivity index (χ0n) is 7.58. The number of carboxylic acid groups (broad SMARTS) is 1. The van der Waals surface area contributed by atoms with E-state index in [1.165, 1.54) is 0 Å². The van der Waals surface area contributed by atoms with Crippen molar-refractivity contribution in [3.63, 3.8) is 0 Å². The highest BCUT2D eigenvalue weighted by Gasteiger charge is 2.14. The number of nitrogen functional groups attached to an aromatic ring is 1. The van der Waals surface area contributed by atoms with Crippen LogP contribution in [0.3, 0.4) is 0 Å². The Morgan fingerprint density at radius 1 is 1.64 bits per heavy atom. The lowest BCUT2D eigenvalue weighted by Gasteiger charge is -2.08. The molecule has 0 radical (unpaired) electrons. The molecule has 0 saturated carbocycles. The molecule has 76 valence electrons. The number of nitrogens with two attached hydrogens (primary N) is 1. The fraction of sp³-hybridized carbons (Fsp3) is 0.222. The van der Waals surface area contributed by atoms with Crippen molar-refractivity contribution in [1.82, 2.24) is 0 Å². The second-order valence-electron chi connectivity index (χ2n) is 2.60. The number of carboxylic acids is 1. The van der Waals surface area contributed by atoms with Crippen molar-refractivity contribution in [3.05, 3.63) is 23.5 Å². The van der Waals surface area contributed by atoms with Crippen LogP contribution in [0, 0.1) is 5.82 Å². The van der Waals surface area contributed by atoms with Gasteiger partial charge in [-0.25, -0.2) is 9.18 Å². The first-order chi connectivity index (χ1) is 6.56. The maximum Gasteiger partial charge on any atom is 0.338 e. The van der Waals surface area contributed by atoms with E-state index in [-0.39, 0.29) is 17.0 Å². The summed E-state index contributed by atoms with van der Waals surface area (Å²) >= 11 is 0. The number of hydrogen-bond donors (Lipinski definition) is 2. The van der Waals surface area contributed by atoms with Crippen LogP contribution in [0.25, 0.3) is 0 Å². The molecule has 0 bridgehead atoms. The molecule has 0 fully saturated rings. The summed E-state index contributed by atoms with van der Waals surface area (Å²) in [6, 6.07) is 1.92. The van der Waals surface area contributed by atoms with Crippen LogP contribution in [0.5, 0.6) is 5.75 Å². The smallest absolute Gasteiger partial charge is 0.338 e. The first-order valence-electron chi connectivity index (χ1n) is 4.01. The molecule has 0 aliphatic carbocycles. The second-order valence-corrected chi connectivity index (χ2v) is 2.60. The highest BCUT2D eigenvalue weighted by atomic mass is 19.1. The van der Waals surface area contributed by atoms with E-state index in [0.717, 1.165) is 12.1 Å². The van der Waals surface area contributed by atoms with Gasteiger partial charge in [-0.15, -0.1) is 0 Å². The summed E-state index contributed by atoms with van der Waals surface area (Å²) in [5.74, 6) is -1.90. The molecule has 1 rings (SSSR count). The fourth-order valence-corrected chi connectivity index (χ4v) is 1.04. The molecule has 0 aliphatic rings. The fourth-order valence-electron chi connectivity index (χ4n) is 1.04. The summed E-state index contributed by atoms with van der Waals surface area (Å²) < 4.78 is 17.9. The zero-order valence-corrected chi connectivity index (χ0v) is 7.58. The van der Waals surface area contributed by atoms with E-state index in [4.69, 9.17) is 15.6 Å². The maximum absolute atomic E-state index is 12.9. The van der Waals surface area contributed by atoms with E-state index < -0.39 is 11.8 Å².